The third-order valence-electron chi connectivity index (χ3n) is 8.34. The molecule has 54 heavy (non-hydrogen) atoms. The number of alkyl halides is 3. The van der Waals surface area contributed by atoms with E-state index in [-0.39, 0.29) is 41.5 Å². The van der Waals surface area contributed by atoms with Gasteiger partial charge in [0, 0.05) is 26.1 Å². The van der Waals surface area contributed by atoms with Crippen molar-refractivity contribution in [2.45, 2.75) is 32.0 Å². The van der Waals surface area contributed by atoms with E-state index in [0.717, 1.165) is 23.3 Å². The lowest BCUT2D eigenvalue weighted by molar-refractivity contribution is -0.137. The van der Waals surface area contributed by atoms with Crippen molar-refractivity contribution in [2.75, 3.05) is 26.5 Å². The number of aryl methyl sites for hydroxylation is 1. The molecule has 5 rings (SSSR count). The van der Waals surface area contributed by atoms with E-state index in [1.165, 1.54) is 41.3 Å². The normalized spacial score (nSPS) is 11.0. The number of amides is 2. The summed E-state index contributed by atoms with van der Waals surface area (Å²) in [7, 11) is 4.71. The number of nitrogens with zero attached hydrogens (tertiary/aromatic N) is 1. The molecular formula is C42H37F3N2O7. The van der Waals surface area contributed by atoms with Crippen molar-refractivity contribution < 1.29 is 46.6 Å². The summed E-state index contributed by atoms with van der Waals surface area (Å²) < 4.78 is 55.3. The zero-order valence-corrected chi connectivity index (χ0v) is 29.7. The highest BCUT2D eigenvalue weighted by Gasteiger charge is 2.30. The Balaban J connectivity index is 1.18. The summed E-state index contributed by atoms with van der Waals surface area (Å²) in [5.41, 5.74) is 2.54. The fraction of sp³-hybridized carbons (Fsp3) is 0.190. The van der Waals surface area contributed by atoms with Gasteiger partial charge in [-0.1, -0.05) is 48.5 Å². The summed E-state index contributed by atoms with van der Waals surface area (Å²) in [6.45, 7) is 0.0676. The predicted molar refractivity (Wildman–Crippen MR) is 196 cm³/mol. The maximum absolute atomic E-state index is 13.5. The molecule has 5 aromatic carbocycles. The highest BCUT2D eigenvalue weighted by atomic mass is 19.4. The molecule has 9 nitrogen and oxygen atoms in total. The van der Waals surface area contributed by atoms with E-state index in [4.69, 9.17) is 14.2 Å². The Kier molecular flexibility index (Phi) is 12.5. The van der Waals surface area contributed by atoms with Gasteiger partial charge in [-0.25, -0.2) is 4.79 Å². The smallest absolute Gasteiger partial charge is 0.416 e. The summed E-state index contributed by atoms with van der Waals surface area (Å²) in [6, 6.07) is 29.2. The van der Waals surface area contributed by atoms with Gasteiger partial charge in [-0.2, -0.15) is 13.2 Å². The Labute approximate surface area is 310 Å². The molecule has 0 atom stereocenters. The van der Waals surface area contributed by atoms with E-state index >= 15 is 0 Å². The second-order valence-electron chi connectivity index (χ2n) is 12.4. The SMILES string of the molecule is COc1cccc(COC(=O)c2ccc(OC(=O)CCCc3ccc(NC(=O)c4ccccc4-c4ccc(C(F)(F)F)cc4)c(C(=O)N(C)C)c3)cc2)c1. The minimum absolute atomic E-state index is 0.0676. The van der Waals surface area contributed by atoms with Gasteiger partial charge < -0.3 is 24.4 Å². The number of hydrogen-bond acceptors (Lipinski definition) is 7. The van der Waals surface area contributed by atoms with Gasteiger partial charge in [-0.3, -0.25) is 14.4 Å². The Morgan fingerprint density at radius 2 is 1.46 bits per heavy atom. The Morgan fingerprint density at radius 3 is 2.15 bits per heavy atom. The highest BCUT2D eigenvalue weighted by molar-refractivity contribution is 6.11. The van der Waals surface area contributed by atoms with E-state index in [2.05, 4.69) is 5.32 Å². The quantitative estimate of drug-likeness (QED) is 0.0952. The van der Waals surface area contributed by atoms with Crippen LogP contribution in [0.5, 0.6) is 11.5 Å². The van der Waals surface area contributed by atoms with Crippen LogP contribution in [0.4, 0.5) is 18.9 Å². The molecule has 0 saturated heterocycles. The largest absolute Gasteiger partial charge is 0.497 e. The molecule has 2 amide bonds. The fourth-order valence-electron chi connectivity index (χ4n) is 5.51. The molecule has 0 bridgehead atoms. The average Bonchev–Trinajstić information content (AvgIpc) is 3.17. The summed E-state index contributed by atoms with van der Waals surface area (Å²) in [4.78, 5) is 53.2. The third-order valence-corrected chi connectivity index (χ3v) is 8.34. The molecule has 278 valence electrons. The van der Waals surface area contributed by atoms with Crippen molar-refractivity contribution in [2.24, 2.45) is 0 Å². The lowest BCUT2D eigenvalue weighted by atomic mass is 9.97. The molecule has 1 N–H and O–H groups in total. The molecular weight excluding hydrogens is 701 g/mol. The van der Waals surface area contributed by atoms with E-state index in [0.29, 0.717) is 35.3 Å². The molecule has 0 unspecified atom stereocenters. The minimum atomic E-state index is -4.49. The molecule has 0 radical (unpaired) electrons. The standard InChI is InChI=1S/C42H37F3N2O7/c1-47(2)40(50)36-25-27(14-23-37(36)46-39(49)35-12-5-4-11-34(35)29-15-19-31(20-16-29)42(43,44)45)8-7-13-38(48)54-32-21-17-30(18-22-32)41(51)53-26-28-9-6-10-33(24-28)52-3/h4-6,9-12,14-25H,7-8,13,26H2,1-3H3,(H,46,49). The van der Waals surface area contributed by atoms with Crippen LogP contribution < -0.4 is 14.8 Å². The van der Waals surface area contributed by atoms with Gasteiger partial charge in [0.2, 0.25) is 0 Å². The first kappa shape index (κ1) is 38.8. The Bertz CT molecular complexity index is 2130. The summed E-state index contributed by atoms with van der Waals surface area (Å²) in [6.07, 6.45) is -3.60. The second kappa shape index (κ2) is 17.4. The van der Waals surface area contributed by atoms with E-state index in [9.17, 15) is 32.3 Å². The van der Waals surface area contributed by atoms with Crippen LogP contribution in [0.2, 0.25) is 0 Å². The summed E-state index contributed by atoms with van der Waals surface area (Å²) >= 11 is 0. The van der Waals surface area contributed by atoms with Crippen LogP contribution in [0.1, 0.15) is 60.6 Å². The Hall–Kier alpha value is -6.43. The lowest BCUT2D eigenvalue weighted by Gasteiger charge is -2.17. The molecule has 12 heteroatoms. The number of rotatable bonds is 13. The molecule has 0 aliphatic carbocycles. The number of halogens is 3. The molecule has 0 saturated carbocycles. The molecule has 0 aromatic heterocycles. The van der Waals surface area contributed by atoms with Crippen LogP contribution >= 0.6 is 0 Å². The van der Waals surface area contributed by atoms with Gasteiger partial charge in [-0.05, 0) is 102 Å². The van der Waals surface area contributed by atoms with Gasteiger partial charge >= 0.3 is 18.1 Å². The molecule has 0 heterocycles. The van der Waals surface area contributed by atoms with Crippen molar-refractivity contribution in [3.05, 3.63) is 149 Å². The molecule has 0 spiro atoms. The topological polar surface area (TPSA) is 111 Å². The Morgan fingerprint density at radius 1 is 0.741 bits per heavy atom. The maximum atomic E-state index is 13.5. The number of anilines is 1. The zero-order valence-electron chi connectivity index (χ0n) is 29.7. The summed E-state index contributed by atoms with van der Waals surface area (Å²) in [5, 5.41) is 2.79. The number of carbonyl (C=O) groups is 4. The first-order valence-corrected chi connectivity index (χ1v) is 16.9. The van der Waals surface area contributed by atoms with Crippen molar-refractivity contribution in [1.29, 1.82) is 0 Å². The minimum Gasteiger partial charge on any atom is -0.497 e. The van der Waals surface area contributed by atoms with Crippen LogP contribution in [-0.4, -0.2) is 49.9 Å². The molecule has 0 aliphatic heterocycles. The second-order valence-corrected chi connectivity index (χ2v) is 12.4. The monoisotopic (exact) mass is 738 g/mol. The summed E-state index contributed by atoms with van der Waals surface area (Å²) in [5.74, 6) is -1.01. The van der Waals surface area contributed by atoms with Gasteiger partial charge in [-0.15, -0.1) is 0 Å². The van der Waals surface area contributed by atoms with Crippen LogP contribution in [0.25, 0.3) is 11.1 Å². The van der Waals surface area contributed by atoms with E-state index in [1.54, 1.807) is 81.9 Å². The fourth-order valence-corrected chi connectivity index (χ4v) is 5.51. The molecule has 0 aliphatic rings. The first-order valence-electron chi connectivity index (χ1n) is 16.9. The van der Waals surface area contributed by atoms with Crippen LogP contribution in [0, 0.1) is 0 Å². The molecule has 5 aromatic rings. The van der Waals surface area contributed by atoms with Gasteiger partial charge in [0.15, 0.2) is 0 Å². The zero-order chi connectivity index (χ0) is 38.8. The van der Waals surface area contributed by atoms with Gasteiger partial charge in [0.05, 0.1) is 29.5 Å². The lowest BCUT2D eigenvalue weighted by Crippen LogP contribution is -2.24. The highest BCUT2D eigenvalue weighted by Crippen LogP contribution is 2.32. The third kappa shape index (κ3) is 10.1. The van der Waals surface area contributed by atoms with Crippen molar-refractivity contribution in [1.82, 2.24) is 4.90 Å². The number of hydrogen-bond donors (Lipinski definition) is 1. The van der Waals surface area contributed by atoms with Crippen molar-refractivity contribution >= 4 is 29.4 Å². The molecule has 0 fully saturated rings. The van der Waals surface area contributed by atoms with Crippen molar-refractivity contribution in [3.8, 4) is 22.6 Å². The number of esters is 2. The number of ether oxygens (including phenoxy) is 3. The number of carbonyl (C=O) groups excluding carboxylic acids is 4. The van der Waals surface area contributed by atoms with Crippen LogP contribution in [-0.2, 0) is 28.7 Å². The van der Waals surface area contributed by atoms with Gasteiger partial charge in [0.25, 0.3) is 11.8 Å². The predicted octanol–water partition coefficient (Wildman–Crippen LogP) is 8.62. The van der Waals surface area contributed by atoms with Gasteiger partial charge in [0.1, 0.15) is 18.1 Å². The van der Waals surface area contributed by atoms with E-state index < -0.39 is 29.6 Å². The van der Waals surface area contributed by atoms with Crippen LogP contribution in [0.15, 0.2) is 115 Å². The first-order chi connectivity index (χ1) is 25.8. The van der Waals surface area contributed by atoms with E-state index in [1.807, 2.05) is 6.07 Å². The maximum Gasteiger partial charge on any atom is 0.416 e. The van der Waals surface area contributed by atoms with Crippen molar-refractivity contribution in [3.63, 3.8) is 0 Å². The number of nitrogens with one attached hydrogen (secondary N) is 1. The average molecular weight is 739 g/mol. The van der Waals surface area contributed by atoms with Crippen LogP contribution in [0.3, 0.4) is 0 Å². The number of benzene rings is 5. The number of methoxy groups -OCH3 is 1.